The molecule has 0 aromatic heterocycles. The van der Waals surface area contributed by atoms with Gasteiger partial charge in [0.25, 0.3) is 5.91 Å². The molecule has 0 saturated carbocycles. The molecule has 0 bridgehead atoms. The molecule has 2 aromatic carbocycles. The zero-order valence-electron chi connectivity index (χ0n) is 16.2. The Morgan fingerprint density at radius 3 is 2.04 bits per heavy atom. The van der Waals surface area contributed by atoms with Gasteiger partial charge in [-0.3, -0.25) is 9.59 Å². The molecule has 2 aromatic rings. The van der Waals surface area contributed by atoms with Gasteiger partial charge in [-0.15, -0.1) is 0 Å². The maximum absolute atomic E-state index is 12.6. The summed E-state index contributed by atoms with van der Waals surface area (Å²) < 4.78 is 5.81. The summed E-state index contributed by atoms with van der Waals surface area (Å²) in [6.07, 6.45) is -0.564. The van der Waals surface area contributed by atoms with E-state index in [-0.39, 0.29) is 11.7 Å². The van der Waals surface area contributed by atoms with Crippen LogP contribution in [-0.2, 0) is 4.79 Å². The summed E-state index contributed by atoms with van der Waals surface area (Å²) in [5.41, 5.74) is 1.14. The van der Waals surface area contributed by atoms with E-state index in [1.54, 1.807) is 55.5 Å². The molecule has 0 radical (unpaired) electrons. The van der Waals surface area contributed by atoms with E-state index >= 15 is 0 Å². The van der Waals surface area contributed by atoms with Crippen LogP contribution in [0.3, 0.4) is 0 Å². The molecule has 6 heteroatoms. The number of halogens is 1. The second kappa shape index (κ2) is 9.22. The van der Waals surface area contributed by atoms with Crippen molar-refractivity contribution in [2.24, 2.45) is 0 Å². The molecule has 1 saturated heterocycles. The summed E-state index contributed by atoms with van der Waals surface area (Å²) in [4.78, 5) is 29.3. The van der Waals surface area contributed by atoms with Gasteiger partial charge in [0.2, 0.25) is 0 Å². The van der Waals surface area contributed by atoms with E-state index in [4.69, 9.17) is 16.3 Å². The van der Waals surface area contributed by atoms with Gasteiger partial charge in [0.1, 0.15) is 5.75 Å². The van der Waals surface area contributed by atoms with Gasteiger partial charge in [0, 0.05) is 42.3 Å². The molecule has 0 unspecified atom stereocenters. The van der Waals surface area contributed by atoms with E-state index in [0.29, 0.717) is 21.9 Å². The van der Waals surface area contributed by atoms with Crippen molar-refractivity contribution in [3.63, 3.8) is 0 Å². The average molecular weight is 401 g/mol. The van der Waals surface area contributed by atoms with Crippen molar-refractivity contribution in [3.05, 3.63) is 64.7 Å². The maximum atomic E-state index is 12.6. The lowest BCUT2D eigenvalue weighted by Gasteiger charge is -2.35. The van der Waals surface area contributed by atoms with E-state index in [9.17, 15) is 9.59 Å². The monoisotopic (exact) mass is 400 g/mol. The number of amides is 1. The van der Waals surface area contributed by atoms with Crippen molar-refractivity contribution in [3.8, 4) is 5.75 Å². The Labute approximate surface area is 170 Å². The molecule has 28 heavy (non-hydrogen) atoms. The van der Waals surface area contributed by atoms with Crippen LogP contribution < -0.4 is 4.74 Å². The second-order valence-electron chi connectivity index (χ2n) is 6.88. The predicted molar refractivity (Wildman–Crippen MR) is 110 cm³/mol. The summed E-state index contributed by atoms with van der Waals surface area (Å²) in [5, 5.41) is 0.593. The quantitative estimate of drug-likeness (QED) is 0.696. The number of ether oxygens (including phenoxy) is 1. The molecule has 0 spiro atoms. The summed E-state index contributed by atoms with van der Waals surface area (Å²) >= 11 is 5.87. The SMILES string of the molecule is CCN1CCN(C(=O)[C@@H](C)Oc2ccc(C(=O)c3ccc(Cl)cc3)cc2)CC1. The summed E-state index contributed by atoms with van der Waals surface area (Å²) in [6, 6.07) is 13.7. The van der Waals surface area contributed by atoms with Crippen LogP contribution in [0.25, 0.3) is 0 Å². The third-order valence-electron chi connectivity index (χ3n) is 5.01. The van der Waals surface area contributed by atoms with Gasteiger partial charge in [0.05, 0.1) is 0 Å². The van der Waals surface area contributed by atoms with Crippen LogP contribution >= 0.6 is 11.6 Å². The van der Waals surface area contributed by atoms with Crippen LogP contribution in [0.2, 0.25) is 5.02 Å². The number of nitrogens with zero attached hydrogens (tertiary/aromatic N) is 2. The number of carbonyl (C=O) groups excluding carboxylic acids is 2. The molecule has 0 N–H and O–H groups in total. The largest absolute Gasteiger partial charge is 0.481 e. The van der Waals surface area contributed by atoms with Crippen molar-refractivity contribution >= 4 is 23.3 Å². The van der Waals surface area contributed by atoms with Crippen molar-refractivity contribution < 1.29 is 14.3 Å². The van der Waals surface area contributed by atoms with Gasteiger partial charge in [0.15, 0.2) is 11.9 Å². The summed E-state index contributed by atoms with van der Waals surface area (Å²) in [7, 11) is 0. The van der Waals surface area contributed by atoms with E-state index < -0.39 is 6.10 Å². The van der Waals surface area contributed by atoms with Crippen LogP contribution in [0.15, 0.2) is 48.5 Å². The van der Waals surface area contributed by atoms with Crippen molar-refractivity contribution in [2.45, 2.75) is 20.0 Å². The standard InChI is InChI=1S/C22H25ClN2O3/c1-3-24-12-14-25(15-13-24)22(27)16(2)28-20-10-6-18(7-11-20)21(26)17-4-8-19(23)9-5-17/h4-11,16H,3,12-15H2,1-2H3/t16-/m1/s1. The van der Waals surface area contributed by atoms with Gasteiger partial charge in [-0.05, 0) is 62.0 Å². The topological polar surface area (TPSA) is 49.9 Å². The molecule has 3 rings (SSSR count). The first kappa shape index (κ1) is 20.4. The minimum Gasteiger partial charge on any atom is -0.481 e. The summed E-state index contributed by atoms with van der Waals surface area (Å²) in [6.45, 7) is 8.16. The molecule has 1 amide bonds. The molecule has 1 heterocycles. The molecule has 148 valence electrons. The highest BCUT2D eigenvalue weighted by molar-refractivity contribution is 6.30. The molecular weight excluding hydrogens is 376 g/mol. The molecule has 1 atom stereocenters. The van der Waals surface area contributed by atoms with Gasteiger partial charge >= 0.3 is 0 Å². The zero-order valence-corrected chi connectivity index (χ0v) is 17.0. The fraction of sp³-hybridized carbons (Fsp3) is 0.364. The molecule has 1 aliphatic rings. The van der Waals surface area contributed by atoms with Crippen LogP contribution in [0, 0.1) is 0 Å². The van der Waals surface area contributed by atoms with Gasteiger partial charge in [-0.2, -0.15) is 0 Å². The van der Waals surface area contributed by atoms with Crippen LogP contribution in [0.5, 0.6) is 5.75 Å². The Kier molecular flexibility index (Phi) is 6.70. The van der Waals surface area contributed by atoms with Crippen LogP contribution in [-0.4, -0.2) is 60.3 Å². The predicted octanol–water partition coefficient (Wildman–Crippen LogP) is 3.50. The number of ketones is 1. The number of hydrogen-bond acceptors (Lipinski definition) is 4. The Balaban J connectivity index is 1.58. The highest BCUT2D eigenvalue weighted by Gasteiger charge is 2.25. The number of carbonyl (C=O) groups is 2. The number of benzene rings is 2. The minimum absolute atomic E-state index is 0.00271. The first-order valence-corrected chi connectivity index (χ1v) is 9.94. The highest BCUT2D eigenvalue weighted by atomic mass is 35.5. The number of rotatable bonds is 6. The Hall–Kier alpha value is -2.37. The fourth-order valence-electron chi connectivity index (χ4n) is 3.25. The Morgan fingerprint density at radius 2 is 1.50 bits per heavy atom. The molecule has 5 nitrogen and oxygen atoms in total. The fourth-order valence-corrected chi connectivity index (χ4v) is 3.37. The number of hydrogen-bond donors (Lipinski definition) is 0. The van der Waals surface area contributed by atoms with Gasteiger partial charge < -0.3 is 14.5 Å². The van der Waals surface area contributed by atoms with E-state index in [1.165, 1.54) is 0 Å². The number of piperazine rings is 1. The summed E-state index contributed by atoms with van der Waals surface area (Å²) in [5.74, 6) is 0.485. The minimum atomic E-state index is -0.564. The van der Waals surface area contributed by atoms with Gasteiger partial charge in [-0.1, -0.05) is 18.5 Å². The zero-order chi connectivity index (χ0) is 20.1. The first-order chi connectivity index (χ1) is 13.5. The smallest absolute Gasteiger partial charge is 0.263 e. The van der Waals surface area contributed by atoms with Crippen molar-refractivity contribution in [2.75, 3.05) is 32.7 Å². The second-order valence-corrected chi connectivity index (χ2v) is 7.32. The third-order valence-corrected chi connectivity index (χ3v) is 5.27. The van der Waals surface area contributed by atoms with E-state index in [1.807, 2.05) is 4.90 Å². The lowest BCUT2D eigenvalue weighted by molar-refractivity contribution is -0.139. The molecule has 1 aliphatic heterocycles. The van der Waals surface area contributed by atoms with Crippen LogP contribution in [0.1, 0.15) is 29.8 Å². The average Bonchev–Trinajstić information content (AvgIpc) is 2.74. The Bertz CT molecular complexity index is 813. The van der Waals surface area contributed by atoms with Crippen LogP contribution in [0.4, 0.5) is 0 Å². The lowest BCUT2D eigenvalue weighted by atomic mass is 10.0. The highest BCUT2D eigenvalue weighted by Crippen LogP contribution is 2.19. The first-order valence-electron chi connectivity index (χ1n) is 9.56. The van der Waals surface area contributed by atoms with E-state index in [2.05, 4.69) is 11.8 Å². The van der Waals surface area contributed by atoms with Gasteiger partial charge in [-0.25, -0.2) is 0 Å². The van der Waals surface area contributed by atoms with Crippen molar-refractivity contribution in [1.29, 1.82) is 0 Å². The molecule has 0 aliphatic carbocycles. The lowest BCUT2D eigenvalue weighted by Crippen LogP contribution is -2.51. The van der Waals surface area contributed by atoms with E-state index in [0.717, 1.165) is 32.7 Å². The third kappa shape index (κ3) is 4.91. The maximum Gasteiger partial charge on any atom is 0.263 e. The number of likely N-dealkylation sites (N-methyl/N-ethyl adjacent to an activating group) is 1. The Morgan fingerprint density at radius 1 is 0.964 bits per heavy atom. The van der Waals surface area contributed by atoms with Crippen molar-refractivity contribution in [1.82, 2.24) is 9.80 Å². The molecule has 1 fully saturated rings. The molecular formula is C22H25ClN2O3. The normalized spacial score (nSPS) is 15.9.